The Hall–Kier alpha value is -2.12. The predicted octanol–water partition coefficient (Wildman–Crippen LogP) is 1.14. The Bertz CT molecular complexity index is 358. The van der Waals surface area contributed by atoms with Crippen molar-refractivity contribution in [2.75, 3.05) is 0 Å². The van der Waals surface area contributed by atoms with Crippen molar-refractivity contribution in [3.05, 3.63) is 0 Å². The van der Waals surface area contributed by atoms with Crippen molar-refractivity contribution < 1.29 is 39.6 Å². The number of rotatable bonds is 7. The summed E-state index contributed by atoms with van der Waals surface area (Å²) in [5.41, 5.74) is -1.20. The molecule has 0 aromatic heterocycles. The molecule has 116 valence electrons. The van der Waals surface area contributed by atoms with Crippen LogP contribution in [0.15, 0.2) is 0 Å². The molecule has 0 aromatic carbocycles. The molecule has 0 saturated heterocycles. The standard InChI is InChI=1S/C7H12O4.C5H8O4/c1-4(5(8)9)7(2,3)6(10)11;6-4(7)2-1-3-5(8)9/h4H,1-3H3,(H,8,9)(H,10,11);1-3H2,(H,6,7)(H,8,9). The Balaban J connectivity index is 0. The molecule has 0 bridgehead atoms. The number of hydrogen-bond donors (Lipinski definition) is 4. The van der Waals surface area contributed by atoms with Crippen molar-refractivity contribution in [2.24, 2.45) is 11.3 Å². The fourth-order valence-electron chi connectivity index (χ4n) is 0.885. The van der Waals surface area contributed by atoms with Gasteiger partial charge in [0.1, 0.15) is 0 Å². The molecular weight excluding hydrogens is 272 g/mol. The fourth-order valence-corrected chi connectivity index (χ4v) is 0.885. The third kappa shape index (κ3) is 8.90. The highest BCUT2D eigenvalue weighted by molar-refractivity contribution is 5.82. The van der Waals surface area contributed by atoms with E-state index in [2.05, 4.69) is 0 Å². The monoisotopic (exact) mass is 292 g/mol. The first-order valence-corrected chi connectivity index (χ1v) is 5.82. The maximum atomic E-state index is 10.5. The zero-order chi connectivity index (χ0) is 16.5. The third-order valence-corrected chi connectivity index (χ3v) is 2.79. The van der Waals surface area contributed by atoms with Crippen LogP contribution >= 0.6 is 0 Å². The Kier molecular flexibility index (Phi) is 8.98. The largest absolute Gasteiger partial charge is 0.481 e. The minimum Gasteiger partial charge on any atom is -0.481 e. The summed E-state index contributed by atoms with van der Waals surface area (Å²) >= 11 is 0. The summed E-state index contributed by atoms with van der Waals surface area (Å²) in [5.74, 6) is -4.95. The Labute approximate surface area is 116 Å². The lowest BCUT2D eigenvalue weighted by atomic mass is 9.80. The molecule has 1 unspecified atom stereocenters. The van der Waals surface area contributed by atoms with Crippen LogP contribution in [-0.2, 0) is 19.2 Å². The third-order valence-electron chi connectivity index (χ3n) is 2.79. The van der Waals surface area contributed by atoms with Crippen molar-refractivity contribution in [1.82, 2.24) is 0 Å². The normalized spacial score (nSPS) is 11.8. The van der Waals surface area contributed by atoms with Gasteiger partial charge in [0.05, 0.1) is 11.3 Å². The van der Waals surface area contributed by atoms with Gasteiger partial charge in [-0.25, -0.2) is 0 Å². The topological polar surface area (TPSA) is 149 Å². The van der Waals surface area contributed by atoms with Crippen LogP contribution in [0.25, 0.3) is 0 Å². The quantitative estimate of drug-likeness (QED) is 0.545. The summed E-state index contributed by atoms with van der Waals surface area (Å²) in [6.07, 6.45) is 0.0866. The molecule has 4 N–H and O–H groups in total. The second-order valence-electron chi connectivity index (χ2n) is 4.73. The highest BCUT2D eigenvalue weighted by Crippen LogP contribution is 2.26. The minimum absolute atomic E-state index is 0.0632. The van der Waals surface area contributed by atoms with Gasteiger partial charge < -0.3 is 20.4 Å². The van der Waals surface area contributed by atoms with Crippen LogP contribution in [0.5, 0.6) is 0 Å². The van der Waals surface area contributed by atoms with Crippen LogP contribution in [0.3, 0.4) is 0 Å². The summed E-state index contributed by atoms with van der Waals surface area (Å²) in [6, 6.07) is 0. The first-order valence-electron chi connectivity index (χ1n) is 5.82. The fraction of sp³-hybridized carbons (Fsp3) is 0.667. The van der Waals surface area contributed by atoms with Crippen LogP contribution in [0.1, 0.15) is 40.0 Å². The lowest BCUT2D eigenvalue weighted by Gasteiger charge is -2.23. The maximum Gasteiger partial charge on any atom is 0.309 e. The zero-order valence-corrected chi connectivity index (χ0v) is 11.6. The molecule has 20 heavy (non-hydrogen) atoms. The highest BCUT2D eigenvalue weighted by Gasteiger charge is 2.38. The van der Waals surface area contributed by atoms with E-state index in [-0.39, 0.29) is 19.3 Å². The summed E-state index contributed by atoms with van der Waals surface area (Å²) in [6.45, 7) is 4.18. The number of hydrogen-bond acceptors (Lipinski definition) is 4. The van der Waals surface area contributed by atoms with E-state index in [1.54, 1.807) is 0 Å². The molecule has 0 saturated carbocycles. The van der Waals surface area contributed by atoms with Gasteiger partial charge in [-0.05, 0) is 20.3 Å². The lowest BCUT2D eigenvalue weighted by Crippen LogP contribution is -2.35. The molecular formula is C12H20O8. The second-order valence-corrected chi connectivity index (χ2v) is 4.73. The summed E-state index contributed by atoms with van der Waals surface area (Å²) in [5, 5.41) is 33.2. The van der Waals surface area contributed by atoms with Crippen molar-refractivity contribution in [3.63, 3.8) is 0 Å². The smallest absolute Gasteiger partial charge is 0.309 e. The summed E-state index contributed by atoms with van der Waals surface area (Å²) < 4.78 is 0. The van der Waals surface area contributed by atoms with Crippen LogP contribution in [-0.4, -0.2) is 44.3 Å². The van der Waals surface area contributed by atoms with Crippen LogP contribution in [0.2, 0.25) is 0 Å². The number of carboxylic acids is 4. The van der Waals surface area contributed by atoms with E-state index in [1.165, 1.54) is 20.8 Å². The van der Waals surface area contributed by atoms with Gasteiger partial charge in [-0.3, -0.25) is 19.2 Å². The van der Waals surface area contributed by atoms with Crippen molar-refractivity contribution in [1.29, 1.82) is 0 Å². The number of aliphatic carboxylic acids is 4. The molecule has 0 amide bonds. The van der Waals surface area contributed by atoms with Gasteiger partial charge in [0.25, 0.3) is 0 Å². The highest BCUT2D eigenvalue weighted by atomic mass is 16.4. The van der Waals surface area contributed by atoms with Crippen LogP contribution < -0.4 is 0 Å². The molecule has 0 spiro atoms. The SMILES string of the molecule is CC(C(=O)O)C(C)(C)C(=O)O.O=C(O)CCCC(=O)O. The molecule has 0 radical (unpaired) electrons. The molecule has 0 aliphatic carbocycles. The zero-order valence-electron chi connectivity index (χ0n) is 11.6. The first-order chi connectivity index (χ1) is 8.92. The average Bonchev–Trinajstić information content (AvgIpc) is 2.27. The maximum absolute atomic E-state index is 10.5. The van der Waals surface area contributed by atoms with Crippen molar-refractivity contribution in [2.45, 2.75) is 40.0 Å². The molecule has 8 nitrogen and oxygen atoms in total. The molecule has 0 aromatic rings. The lowest BCUT2D eigenvalue weighted by molar-refractivity contribution is -0.159. The minimum atomic E-state index is -1.20. The number of carbonyl (C=O) groups is 4. The van der Waals surface area contributed by atoms with Gasteiger partial charge in [-0.15, -0.1) is 0 Å². The molecule has 0 aliphatic heterocycles. The molecule has 0 heterocycles. The van der Waals surface area contributed by atoms with E-state index >= 15 is 0 Å². The Morgan fingerprint density at radius 3 is 1.40 bits per heavy atom. The van der Waals surface area contributed by atoms with Gasteiger partial charge in [-0.1, -0.05) is 6.92 Å². The Morgan fingerprint density at radius 2 is 1.25 bits per heavy atom. The van der Waals surface area contributed by atoms with E-state index in [0.29, 0.717) is 0 Å². The van der Waals surface area contributed by atoms with Crippen LogP contribution in [0, 0.1) is 11.3 Å². The van der Waals surface area contributed by atoms with E-state index in [9.17, 15) is 19.2 Å². The molecule has 0 aliphatic rings. The first kappa shape index (κ1) is 20.2. The van der Waals surface area contributed by atoms with Gasteiger partial charge in [0.15, 0.2) is 0 Å². The average molecular weight is 292 g/mol. The van der Waals surface area contributed by atoms with E-state index in [1.807, 2.05) is 0 Å². The van der Waals surface area contributed by atoms with Gasteiger partial charge in [0, 0.05) is 12.8 Å². The van der Waals surface area contributed by atoms with Crippen molar-refractivity contribution in [3.8, 4) is 0 Å². The second kappa shape index (κ2) is 8.89. The molecule has 0 fully saturated rings. The van der Waals surface area contributed by atoms with E-state index < -0.39 is 35.2 Å². The van der Waals surface area contributed by atoms with Crippen LogP contribution in [0.4, 0.5) is 0 Å². The van der Waals surface area contributed by atoms with Gasteiger partial charge >= 0.3 is 23.9 Å². The molecule has 1 atom stereocenters. The summed E-state index contributed by atoms with van der Waals surface area (Å²) in [7, 11) is 0. The molecule has 8 heteroatoms. The van der Waals surface area contributed by atoms with E-state index in [4.69, 9.17) is 20.4 Å². The van der Waals surface area contributed by atoms with Gasteiger partial charge in [0.2, 0.25) is 0 Å². The van der Waals surface area contributed by atoms with Gasteiger partial charge in [-0.2, -0.15) is 0 Å². The number of carboxylic acid groups (broad SMARTS) is 4. The van der Waals surface area contributed by atoms with Crippen molar-refractivity contribution >= 4 is 23.9 Å². The summed E-state index contributed by atoms with van der Waals surface area (Å²) in [4.78, 5) is 40.5. The Morgan fingerprint density at radius 1 is 0.900 bits per heavy atom. The molecule has 0 rings (SSSR count). The predicted molar refractivity (Wildman–Crippen MR) is 67.3 cm³/mol. The van der Waals surface area contributed by atoms with E-state index in [0.717, 1.165) is 0 Å².